The summed E-state index contributed by atoms with van der Waals surface area (Å²) < 4.78 is 0. The van der Waals surface area contributed by atoms with Crippen LogP contribution < -0.4 is 0 Å². The van der Waals surface area contributed by atoms with Gasteiger partial charge in [0.15, 0.2) is 5.78 Å². The highest BCUT2D eigenvalue weighted by atomic mass is 16.3. The lowest BCUT2D eigenvalue weighted by molar-refractivity contribution is -0.121. The molecule has 1 N–H and O–H groups in total. The van der Waals surface area contributed by atoms with Crippen LogP contribution in [0.15, 0.2) is 11.1 Å². The number of ketones is 1. The lowest BCUT2D eigenvalue weighted by Crippen LogP contribution is -2.35. The second kappa shape index (κ2) is 3.26. The number of carbonyl (C=O) groups is 1. The highest BCUT2D eigenvalue weighted by Gasteiger charge is 2.35. The number of carbonyl (C=O) groups excluding carboxylic acids is 1. The summed E-state index contributed by atoms with van der Waals surface area (Å²) in [6.45, 7) is 7.81. The molecule has 0 aromatic rings. The molecule has 13 heavy (non-hydrogen) atoms. The molecule has 0 aromatic carbocycles. The summed E-state index contributed by atoms with van der Waals surface area (Å²) in [5.41, 5.74) is 1.54. The van der Waals surface area contributed by atoms with Gasteiger partial charge in [0.2, 0.25) is 0 Å². The van der Waals surface area contributed by atoms with Gasteiger partial charge in [-0.05, 0) is 25.7 Å². The Bertz CT molecular complexity index is 257. The van der Waals surface area contributed by atoms with E-state index in [4.69, 9.17) is 0 Å². The number of allylic oxidation sites excluding steroid dienone is 1. The second-order valence-electron chi connectivity index (χ2n) is 4.90. The molecule has 1 fully saturated rings. The van der Waals surface area contributed by atoms with E-state index in [1.54, 1.807) is 0 Å². The first-order valence-electron chi connectivity index (χ1n) is 4.72. The zero-order chi connectivity index (χ0) is 10.2. The summed E-state index contributed by atoms with van der Waals surface area (Å²) in [6.07, 6.45) is 0.699. The van der Waals surface area contributed by atoms with E-state index < -0.39 is 6.10 Å². The zero-order valence-electron chi connectivity index (χ0n) is 8.85. The fourth-order valence-electron chi connectivity index (χ4n) is 2.03. The summed E-state index contributed by atoms with van der Waals surface area (Å²) in [5, 5.41) is 9.77. The summed E-state index contributed by atoms with van der Waals surface area (Å²) in [4.78, 5) is 11.6. The van der Waals surface area contributed by atoms with Gasteiger partial charge in [-0.2, -0.15) is 0 Å². The Hall–Kier alpha value is -0.630. The molecule has 1 aliphatic rings. The number of hydrogen-bond acceptors (Lipinski definition) is 2. The zero-order valence-corrected chi connectivity index (χ0v) is 8.85. The minimum atomic E-state index is -0.554. The molecule has 1 unspecified atom stereocenters. The van der Waals surface area contributed by atoms with E-state index in [0.717, 1.165) is 5.57 Å². The summed E-state index contributed by atoms with van der Waals surface area (Å²) in [6, 6.07) is 0. The van der Waals surface area contributed by atoms with E-state index in [-0.39, 0.29) is 11.2 Å². The molecule has 0 bridgehead atoms. The third kappa shape index (κ3) is 2.19. The van der Waals surface area contributed by atoms with E-state index in [1.165, 1.54) is 0 Å². The van der Waals surface area contributed by atoms with E-state index >= 15 is 0 Å². The van der Waals surface area contributed by atoms with Gasteiger partial charge in [-0.25, -0.2) is 0 Å². The Morgan fingerprint density at radius 3 is 2.38 bits per heavy atom. The van der Waals surface area contributed by atoms with Gasteiger partial charge in [0.1, 0.15) is 0 Å². The second-order valence-corrected chi connectivity index (χ2v) is 4.90. The van der Waals surface area contributed by atoms with Crippen LogP contribution in [0.2, 0.25) is 0 Å². The van der Waals surface area contributed by atoms with Crippen LogP contribution in [0.3, 0.4) is 0 Å². The van der Waals surface area contributed by atoms with Crippen molar-refractivity contribution in [2.24, 2.45) is 5.41 Å². The molecule has 1 rings (SSSR count). The fourth-order valence-corrected chi connectivity index (χ4v) is 2.03. The molecular formula is C11H18O2. The third-order valence-corrected chi connectivity index (χ3v) is 2.56. The first-order valence-corrected chi connectivity index (χ1v) is 4.72. The van der Waals surface area contributed by atoms with E-state index in [2.05, 4.69) is 0 Å². The van der Waals surface area contributed by atoms with E-state index in [9.17, 15) is 9.90 Å². The normalized spacial score (nSPS) is 27.6. The molecule has 1 saturated carbocycles. The van der Waals surface area contributed by atoms with Crippen molar-refractivity contribution in [1.29, 1.82) is 0 Å². The molecule has 0 radical (unpaired) electrons. The molecule has 1 aliphatic carbocycles. The van der Waals surface area contributed by atoms with Crippen LogP contribution in [-0.2, 0) is 4.79 Å². The van der Waals surface area contributed by atoms with Crippen molar-refractivity contribution in [2.75, 3.05) is 0 Å². The van der Waals surface area contributed by atoms with Crippen LogP contribution in [0.4, 0.5) is 0 Å². The lowest BCUT2D eigenvalue weighted by atomic mass is 9.72. The van der Waals surface area contributed by atoms with Gasteiger partial charge in [-0.15, -0.1) is 0 Å². The maximum absolute atomic E-state index is 11.6. The standard InChI is InChI=1S/C11H18O2/c1-7(2)10-8(12)5-11(3,4)6-9(10)13/h8,12H,5-6H2,1-4H3. The molecule has 2 heteroatoms. The first-order chi connectivity index (χ1) is 5.83. The van der Waals surface area contributed by atoms with Crippen molar-refractivity contribution in [1.82, 2.24) is 0 Å². The Kier molecular flexibility index (Phi) is 2.62. The summed E-state index contributed by atoms with van der Waals surface area (Å²) in [5.74, 6) is 0.115. The minimum absolute atomic E-state index is 0.0462. The number of Topliss-reactive ketones (excluding diaryl/α,β-unsaturated/α-hetero) is 1. The Balaban J connectivity index is 2.96. The van der Waals surface area contributed by atoms with Gasteiger partial charge in [-0.1, -0.05) is 19.4 Å². The molecule has 1 atom stereocenters. The first kappa shape index (κ1) is 10.5. The van der Waals surface area contributed by atoms with Crippen molar-refractivity contribution < 1.29 is 9.90 Å². The van der Waals surface area contributed by atoms with Gasteiger partial charge in [-0.3, -0.25) is 4.79 Å². The molecule has 0 spiro atoms. The van der Waals surface area contributed by atoms with Gasteiger partial charge >= 0.3 is 0 Å². The number of hydrogen-bond donors (Lipinski definition) is 1. The van der Waals surface area contributed by atoms with Gasteiger partial charge in [0.25, 0.3) is 0 Å². The quantitative estimate of drug-likeness (QED) is 0.582. The largest absolute Gasteiger partial charge is 0.388 e. The van der Waals surface area contributed by atoms with Crippen LogP contribution in [0.5, 0.6) is 0 Å². The Labute approximate surface area is 79.6 Å². The minimum Gasteiger partial charge on any atom is -0.388 e. The smallest absolute Gasteiger partial charge is 0.161 e. The van der Waals surface area contributed by atoms with Crippen molar-refractivity contribution in [3.05, 3.63) is 11.1 Å². The third-order valence-electron chi connectivity index (χ3n) is 2.56. The molecule has 0 heterocycles. The molecule has 0 saturated heterocycles. The lowest BCUT2D eigenvalue weighted by Gasteiger charge is -2.34. The van der Waals surface area contributed by atoms with Crippen LogP contribution in [-0.4, -0.2) is 17.0 Å². The average Bonchev–Trinajstić information content (AvgIpc) is 1.78. The number of aliphatic hydroxyl groups is 1. The molecule has 0 aliphatic heterocycles. The van der Waals surface area contributed by atoms with Crippen molar-refractivity contribution in [2.45, 2.75) is 46.6 Å². The fraction of sp³-hybridized carbons (Fsp3) is 0.727. The van der Waals surface area contributed by atoms with Crippen LogP contribution in [0.1, 0.15) is 40.5 Å². The number of aliphatic hydroxyl groups excluding tert-OH is 1. The monoisotopic (exact) mass is 182 g/mol. The van der Waals surface area contributed by atoms with Crippen molar-refractivity contribution in [3.63, 3.8) is 0 Å². The number of rotatable bonds is 0. The highest BCUT2D eigenvalue weighted by molar-refractivity contribution is 5.98. The predicted octanol–water partition coefficient (Wildman–Crippen LogP) is 2.07. The molecular weight excluding hydrogens is 164 g/mol. The van der Waals surface area contributed by atoms with Gasteiger partial charge in [0, 0.05) is 12.0 Å². The van der Waals surface area contributed by atoms with Gasteiger partial charge < -0.3 is 5.11 Å². The van der Waals surface area contributed by atoms with Crippen molar-refractivity contribution in [3.8, 4) is 0 Å². The summed E-state index contributed by atoms with van der Waals surface area (Å²) >= 11 is 0. The Morgan fingerprint density at radius 2 is 2.00 bits per heavy atom. The topological polar surface area (TPSA) is 37.3 Å². The highest BCUT2D eigenvalue weighted by Crippen LogP contribution is 2.36. The summed E-state index contributed by atoms with van der Waals surface area (Å²) in [7, 11) is 0. The predicted molar refractivity (Wildman–Crippen MR) is 52.4 cm³/mol. The van der Waals surface area contributed by atoms with Crippen LogP contribution in [0, 0.1) is 5.41 Å². The van der Waals surface area contributed by atoms with Crippen LogP contribution >= 0.6 is 0 Å². The average molecular weight is 182 g/mol. The SMILES string of the molecule is CC(C)=C1C(=O)CC(C)(C)CC1O. The van der Waals surface area contributed by atoms with E-state index in [0.29, 0.717) is 18.4 Å². The van der Waals surface area contributed by atoms with Gasteiger partial charge in [0.05, 0.1) is 6.10 Å². The molecule has 0 amide bonds. The molecule has 0 aromatic heterocycles. The molecule has 2 nitrogen and oxygen atoms in total. The van der Waals surface area contributed by atoms with Crippen LogP contribution in [0.25, 0.3) is 0 Å². The van der Waals surface area contributed by atoms with Crippen molar-refractivity contribution >= 4 is 5.78 Å². The molecule has 74 valence electrons. The maximum atomic E-state index is 11.6. The maximum Gasteiger partial charge on any atom is 0.161 e. The van der Waals surface area contributed by atoms with E-state index in [1.807, 2.05) is 27.7 Å². The Morgan fingerprint density at radius 1 is 1.46 bits per heavy atom.